The molecule has 9 heteroatoms. The van der Waals surface area contributed by atoms with Gasteiger partial charge in [-0.25, -0.2) is 4.79 Å². The quantitative estimate of drug-likeness (QED) is 0.426. The van der Waals surface area contributed by atoms with Crippen LogP contribution in [0.2, 0.25) is 0 Å². The summed E-state index contributed by atoms with van der Waals surface area (Å²) in [4.78, 5) is 32.2. The van der Waals surface area contributed by atoms with Gasteiger partial charge in [0.1, 0.15) is 5.60 Å². The summed E-state index contributed by atoms with van der Waals surface area (Å²) in [6.45, 7) is 19.1. The molecule has 0 atom stereocenters. The van der Waals surface area contributed by atoms with Crippen molar-refractivity contribution in [2.24, 2.45) is 4.99 Å². The maximum Gasteiger partial charge on any atom is 0.408 e. The van der Waals surface area contributed by atoms with Crippen molar-refractivity contribution < 1.29 is 14.3 Å². The Labute approximate surface area is 175 Å². The Morgan fingerprint density at radius 3 is 2.17 bits per heavy atom. The molecule has 1 heterocycles. The average Bonchev–Trinajstić information content (AvgIpc) is 2.58. The minimum atomic E-state index is -0.534. The van der Waals surface area contributed by atoms with Crippen LogP contribution in [0.3, 0.4) is 0 Å². The molecule has 0 bridgehead atoms. The molecule has 0 unspecified atom stereocenters. The zero-order valence-electron chi connectivity index (χ0n) is 19.2. The molecule has 1 saturated heterocycles. The highest BCUT2D eigenvalue weighted by Gasteiger charge is 2.24. The smallest absolute Gasteiger partial charge is 0.408 e. The number of alkyl carbamates (subject to hydrolysis) is 1. The summed E-state index contributed by atoms with van der Waals surface area (Å²) >= 11 is 0. The van der Waals surface area contributed by atoms with Crippen LogP contribution < -0.4 is 16.0 Å². The first-order valence-corrected chi connectivity index (χ1v) is 10.4. The number of aliphatic imine (C=N–C) groups is 1. The first-order chi connectivity index (χ1) is 13.4. The highest BCUT2D eigenvalue weighted by Crippen LogP contribution is 2.09. The van der Waals surface area contributed by atoms with Gasteiger partial charge in [-0.15, -0.1) is 0 Å². The Morgan fingerprint density at radius 2 is 1.66 bits per heavy atom. The molecule has 3 N–H and O–H groups in total. The molecule has 0 spiro atoms. The molecule has 168 valence electrons. The minimum Gasteiger partial charge on any atom is -0.444 e. The molecule has 0 radical (unpaired) electrons. The highest BCUT2D eigenvalue weighted by molar-refractivity contribution is 5.79. The summed E-state index contributed by atoms with van der Waals surface area (Å²) in [5, 5.41) is 9.44. The van der Waals surface area contributed by atoms with E-state index in [0.29, 0.717) is 12.5 Å². The van der Waals surface area contributed by atoms with Crippen LogP contribution in [0.5, 0.6) is 0 Å². The Balaban J connectivity index is 2.45. The molecule has 1 aliphatic heterocycles. The number of guanidine groups is 1. The number of amides is 2. The molecule has 0 saturated carbocycles. The first kappa shape index (κ1) is 25.0. The normalized spacial score (nSPS) is 16.4. The highest BCUT2D eigenvalue weighted by atomic mass is 16.6. The van der Waals surface area contributed by atoms with E-state index >= 15 is 0 Å². The van der Waals surface area contributed by atoms with Crippen LogP contribution >= 0.6 is 0 Å². The standard InChI is InChI=1S/C20H40N6O3/c1-8-21-17(22-9-10-25-11-13-26(14-12-25)16(2)27)23-15-20(6,7)24-18(28)29-19(3,4)5/h8-15H2,1-7H3,(H,24,28)(H2,21,22,23). The maximum absolute atomic E-state index is 12.0. The topological polar surface area (TPSA) is 98.3 Å². The lowest BCUT2D eigenvalue weighted by molar-refractivity contribution is -0.130. The molecular weight excluding hydrogens is 372 g/mol. The van der Waals surface area contributed by atoms with Gasteiger partial charge in [0.05, 0.1) is 12.1 Å². The van der Waals surface area contributed by atoms with Crippen molar-refractivity contribution in [1.82, 2.24) is 25.8 Å². The van der Waals surface area contributed by atoms with Gasteiger partial charge in [-0.3, -0.25) is 14.7 Å². The number of piperazine rings is 1. The van der Waals surface area contributed by atoms with E-state index in [1.807, 2.05) is 46.4 Å². The molecule has 0 aromatic carbocycles. The molecule has 0 aromatic heterocycles. The van der Waals surface area contributed by atoms with Crippen molar-refractivity contribution in [2.45, 2.75) is 59.6 Å². The monoisotopic (exact) mass is 412 g/mol. The van der Waals surface area contributed by atoms with Gasteiger partial charge in [-0.2, -0.15) is 0 Å². The van der Waals surface area contributed by atoms with E-state index in [0.717, 1.165) is 45.8 Å². The molecule has 0 aromatic rings. The van der Waals surface area contributed by atoms with Crippen molar-refractivity contribution in [3.05, 3.63) is 0 Å². The van der Waals surface area contributed by atoms with Crippen molar-refractivity contribution in [1.29, 1.82) is 0 Å². The number of hydrogen-bond donors (Lipinski definition) is 3. The maximum atomic E-state index is 12.0. The van der Waals surface area contributed by atoms with Gasteiger partial charge in [0.2, 0.25) is 5.91 Å². The second-order valence-corrected chi connectivity index (χ2v) is 8.98. The van der Waals surface area contributed by atoms with Crippen molar-refractivity contribution in [3.63, 3.8) is 0 Å². The average molecular weight is 413 g/mol. The van der Waals surface area contributed by atoms with E-state index < -0.39 is 17.2 Å². The Morgan fingerprint density at radius 1 is 1.03 bits per heavy atom. The van der Waals surface area contributed by atoms with Gasteiger partial charge in [-0.05, 0) is 41.5 Å². The lowest BCUT2D eigenvalue weighted by Crippen LogP contribution is -2.51. The summed E-state index contributed by atoms with van der Waals surface area (Å²) in [5.74, 6) is 0.862. The largest absolute Gasteiger partial charge is 0.444 e. The zero-order chi connectivity index (χ0) is 22.1. The Hall–Kier alpha value is -2.03. The number of carbonyl (C=O) groups is 2. The van der Waals surface area contributed by atoms with Gasteiger partial charge >= 0.3 is 6.09 Å². The minimum absolute atomic E-state index is 0.145. The number of nitrogens with one attached hydrogen (secondary N) is 3. The number of ether oxygens (including phenoxy) is 1. The summed E-state index contributed by atoms with van der Waals surface area (Å²) in [6.07, 6.45) is -0.444. The number of nitrogens with zero attached hydrogens (tertiary/aromatic N) is 3. The Bertz CT molecular complexity index is 563. The number of rotatable bonds is 7. The van der Waals surface area contributed by atoms with E-state index in [2.05, 4.69) is 25.8 Å². The van der Waals surface area contributed by atoms with Crippen LogP contribution in [-0.4, -0.2) is 91.3 Å². The zero-order valence-corrected chi connectivity index (χ0v) is 19.2. The van der Waals surface area contributed by atoms with E-state index in [4.69, 9.17) is 4.74 Å². The van der Waals surface area contributed by atoms with Crippen LogP contribution in [0.15, 0.2) is 4.99 Å². The van der Waals surface area contributed by atoms with Gasteiger partial charge in [0.15, 0.2) is 5.96 Å². The molecule has 29 heavy (non-hydrogen) atoms. The van der Waals surface area contributed by atoms with Gasteiger partial charge in [0, 0.05) is 52.7 Å². The SMILES string of the molecule is CCNC(=NCC(C)(C)NC(=O)OC(C)(C)C)NCCN1CCN(C(C)=O)CC1. The summed E-state index contributed by atoms with van der Waals surface area (Å²) < 4.78 is 5.32. The van der Waals surface area contributed by atoms with E-state index in [-0.39, 0.29) is 5.91 Å². The molecule has 1 aliphatic rings. The molecule has 1 fully saturated rings. The lowest BCUT2D eigenvalue weighted by Gasteiger charge is -2.34. The van der Waals surface area contributed by atoms with Crippen LogP contribution in [0.1, 0.15) is 48.5 Å². The number of hydrogen-bond acceptors (Lipinski definition) is 5. The third-order valence-electron chi connectivity index (χ3n) is 4.35. The molecule has 2 amide bonds. The molecule has 9 nitrogen and oxygen atoms in total. The van der Waals surface area contributed by atoms with Crippen LogP contribution in [0, 0.1) is 0 Å². The molecule has 1 rings (SSSR count). The van der Waals surface area contributed by atoms with Crippen molar-refractivity contribution in [2.75, 3.05) is 52.4 Å². The van der Waals surface area contributed by atoms with Crippen molar-refractivity contribution in [3.8, 4) is 0 Å². The second kappa shape index (κ2) is 11.2. The number of carbonyl (C=O) groups excluding carboxylic acids is 2. The predicted molar refractivity (Wildman–Crippen MR) is 116 cm³/mol. The fourth-order valence-corrected chi connectivity index (χ4v) is 2.86. The fourth-order valence-electron chi connectivity index (χ4n) is 2.86. The van der Waals surface area contributed by atoms with E-state index in [9.17, 15) is 9.59 Å². The first-order valence-electron chi connectivity index (χ1n) is 10.4. The second-order valence-electron chi connectivity index (χ2n) is 8.98. The predicted octanol–water partition coefficient (Wildman–Crippen LogP) is 1.01. The third kappa shape index (κ3) is 10.9. The lowest BCUT2D eigenvalue weighted by atomic mass is 10.1. The fraction of sp³-hybridized carbons (Fsp3) is 0.850. The van der Waals surface area contributed by atoms with Gasteiger partial charge in [0.25, 0.3) is 0 Å². The summed E-state index contributed by atoms with van der Waals surface area (Å²) in [5.41, 5.74) is -1.07. The van der Waals surface area contributed by atoms with Gasteiger partial charge < -0.3 is 25.6 Å². The summed E-state index contributed by atoms with van der Waals surface area (Å²) in [6, 6.07) is 0. The summed E-state index contributed by atoms with van der Waals surface area (Å²) in [7, 11) is 0. The third-order valence-corrected chi connectivity index (χ3v) is 4.35. The van der Waals surface area contributed by atoms with Crippen LogP contribution in [-0.2, 0) is 9.53 Å². The van der Waals surface area contributed by atoms with Gasteiger partial charge in [-0.1, -0.05) is 0 Å². The van der Waals surface area contributed by atoms with Crippen LogP contribution in [0.25, 0.3) is 0 Å². The molecule has 0 aliphatic carbocycles. The van der Waals surface area contributed by atoms with E-state index in [1.54, 1.807) is 6.92 Å². The van der Waals surface area contributed by atoms with Crippen LogP contribution in [0.4, 0.5) is 4.79 Å². The molecular formula is C20H40N6O3. The Kier molecular flexibility index (Phi) is 9.68. The van der Waals surface area contributed by atoms with E-state index in [1.165, 1.54) is 0 Å². The van der Waals surface area contributed by atoms with Crippen molar-refractivity contribution >= 4 is 18.0 Å².